The fourth-order valence-corrected chi connectivity index (χ4v) is 3.21. The van der Waals surface area contributed by atoms with Gasteiger partial charge in [-0.05, 0) is 66.3 Å². The van der Waals surface area contributed by atoms with E-state index in [1.54, 1.807) is 0 Å². The first-order chi connectivity index (χ1) is 9.75. The molecule has 1 aliphatic rings. The van der Waals surface area contributed by atoms with Crippen LogP contribution in [0.5, 0.6) is 0 Å². The Kier molecular flexibility index (Phi) is 4.04. The Bertz CT molecular complexity index is 644. The van der Waals surface area contributed by atoms with E-state index >= 15 is 0 Å². The SMILES string of the molecule is BrC1=C(Br)C(=C/c2ccccc2)/C1=C/c1ccccc1. The molecule has 98 valence electrons. The average Bonchev–Trinajstić information content (AvgIpc) is 2.52. The molecule has 0 atom stereocenters. The van der Waals surface area contributed by atoms with Gasteiger partial charge in [-0.1, -0.05) is 60.7 Å². The smallest absolute Gasteiger partial charge is 0.0402 e. The molecule has 0 radical (unpaired) electrons. The van der Waals surface area contributed by atoms with Crippen LogP contribution in [0.3, 0.4) is 0 Å². The average molecular weight is 388 g/mol. The molecule has 0 nitrogen and oxygen atoms in total. The summed E-state index contributed by atoms with van der Waals surface area (Å²) in [5.41, 5.74) is 4.87. The molecule has 1 aliphatic carbocycles. The summed E-state index contributed by atoms with van der Waals surface area (Å²) in [6, 6.07) is 20.7. The molecule has 2 aromatic rings. The van der Waals surface area contributed by atoms with E-state index in [0.717, 1.165) is 8.96 Å². The van der Waals surface area contributed by atoms with Gasteiger partial charge >= 0.3 is 0 Å². The van der Waals surface area contributed by atoms with Crippen molar-refractivity contribution in [3.63, 3.8) is 0 Å². The third-order valence-electron chi connectivity index (χ3n) is 3.18. The van der Waals surface area contributed by atoms with Crippen molar-refractivity contribution in [1.29, 1.82) is 0 Å². The Hall–Kier alpha value is -1.38. The summed E-state index contributed by atoms with van der Waals surface area (Å²) in [7, 11) is 0. The van der Waals surface area contributed by atoms with Crippen LogP contribution in [0.15, 0.2) is 80.8 Å². The number of halogens is 2. The van der Waals surface area contributed by atoms with Gasteiger partial charge in [0.1, 0.15) is 0 Å². The van der Waals surface area contributed by atoms with E-state index in [2.05, 4.69) is 92.5 Å². The lowest BCUT2D eigenvalue weighted by Crippen LogP contribution is -2.04. The molecule has 0 amide bonds. The van der Waals surface area contributed by atoms with Gasteiger partial charge < -0.3 is 0 Å². The minimum atomic E-state index is 1.13. The molecule has 0 aliphatic heterocycles. The van der Waals surface area contributed by atoms with Crippen LogP contribution in [0.4, 0.5) is 0 Å². The minimum Gasteiger partial charge on any atom is -0.0622 e. The van der Waals surface area contributed by atoms with Crippen LogP contribution >= 0.6 is 31.9 Å². The predicted octanol–water partition coefficient (Wildman–Crippen LogP) is 6.17. The van der Waals surface area contributed by atoms with E-state index < -0.39 is 0 Å². The monoisotopic (exact) mass is 386 g/mol. The highest BCUT2D eigenvalue weighted by Crippen LogP contribution is 2.48. The molecular formula is C18H12Br2. The lowest BCUT2D eigenvalue weighted by atomic mass is 9.91. The third-order valence-corrected chi connectivity index (χ3v) is 5.36. The Morgan fingerprint density at radius 3 is 1.25 bits per heavy atom. The maximum atomic E-state index is 3.63. The third kappa shape index (κ3) is 2.72. The van der Waals surface area contributed by atoms with E-state index in [1.807, 2.05) is 12.1 Å². The Morgan fingerprint density at radius 1 is 0.550 bits per heavy atom. The van der Waals surface area contributed by atoms with Gasteiger partial charge in [-0.15, -0.1) is 0 Å². The van der Waals surface area contributed by atoms with Crippen LogP contribution in [-0.2, 0) is 0 Å². The Morgan fingerprint density at radius 2 is 0.900 bits per heavy atom. The van der Waals surface area contributed by atoms with Gasteiger partial charge in [0.2, 0.25) is 0 Å². The summed E-state index contributed by atoms with van der Waals surface area (Å²) in [5.74, 6) is 0. The molecule has 0 bridgehead atoms. The van der Waals surface area contributed by atoms with Crippen molar-refractivity contribution in [2.45, 2.75) is 0 Å². The van der Waals surface area contributed by atoms with Crippen molar-refractivity contribution in [2.75, 3.05) is 0 Å². The summed E-state index contributed by atoms with van der Waals surface area (Å²) in [5, 5.41) is 0. The molecule has 0 N–H and O–H groups in total. The van der Waals surface area contributed by atoms with E-state index in [9.17, 15) is 0 Å². The highest BCUT2D eigenvalue weighted by molar-refractivity contribution is 9.14. The molecule has 0 unspecified atom stereocenters. The molecule has 0 saturated carbocycles. The first-order valence-electron chi connectivity index (χ1n) is 6.35. The zero-order valence-corrected chi connectivity index (χ0v) is 13.9. The fourth-order valence-electron chi connectivity index (χ4n) is 2.12. The quantitative estimate of drug-likeness (QED) is 0.578. The standard InChI is InChI=1S/C18H12Br2/c19-17-15(11-13-7-3-1-4-8-13)16(18(17)20)12-14-9-5-2-6-10-14/h1-12H/b15-11-,16-12+. The number of allylic oxidation sites excluding steroid dienone is 4. The van der Waals surface area contributed by atoms with Gasteiger partial charge in [-0.25, -0.2) is 0 Å². The molecule has 3 rings (SSSR count). The van der Waals surface area contributed by atoms with Crippen LogP contribution < -0.4 is 0 Å². The van der Waals surface area contributed by atoms with Gasteiger partial charge in [0.05, 0.1) is 0 Å². The van der Waals surface area contributed by atoms with Crippen molar-refractivity contribution in [1.82, 2.24) is 0 Å². The second-order valence-corrected chi connectivity index (χ2v) is 6.15. The molecule has 0 spiro atoms. The summed E-state index contributed by atoms with van der Waals surface area (Å²) < 4.78 is 2.26. The number of hydrogen-bond acceptors (Lipinski definition) is 0. The minimum absolute atomic E-state index is 1.13. The molecule has 20 heavy (non-hydrogen) atoms. The van der Waals surface area contributed by atoms with Crippen LogP contribution in [0.2, 0.25) is 0 Å². The van der Waals surface area contributed by atoms with Crippen LogP contribution in [0, 0.1) is 0 Å². The molecule has 0 heterocycles. The lowest BCUT2D eigenvalue weighted by Gasteiger charge is -2.23. The summed E-state index contributed by atoms with van der Waals surface area (Å²) in [6.45, 7) is 0. The Labute approximate surface area is 135 Å². The summed E-state index contributed by atoms with van der Waals surface area (Å²) in [4.78, 5) is 0. The maximum Gasteiger partial charge on any atom is 0.0402 e. The van der Waals surface area contributed by atoms with Crippen LogP contribution in [0.25, 0.3) is 12.2 Å². The molecular weight excluding hydrogens is 376 g/mol. The first kappa shape index (κ1) is 13.6. The topological polar surface area (TPSA) is 0 Å². The summed E-state index contributed by atoms with van der Waals surface area (Å²) >= 11 is 7.25. The van der Waals surface area contributed by atoms with Crippen molar-refractivity contribution in [3.05, 3.63) is 91.9 Å². The largest absolute Gasteiger partial charge is 0.0622 e. The normalized spacial score (nSPS) is 18.5. The van der Waals surface area contributed by atoms with Crippen molar-refractivity contribution in [3.8, 4) is 0 Å². The maximum absolute atomic E-state index is 3.63. The highest BCUT2D eigenvalue weighted by atomic mass is 79.9. The van der Waals surface area contributed by atoms with Gasteiger partial charge in [-0.3, -0.25) is 0 Å². The highest BCUT2D eigenvalue weighted by Gasteiger charge is 2.25. The number of benzene rings is 2. The van der Waals surface area contributed by atoms with Crippen molar-refractivity contribution >= 4 is 44.0 Å². The second kappa shape index (κ2) is 5.94. The van der Waals surface area contributed by atoms with Crippen molar-refractivity contribution < 1.29 is 0 Å². The summed E-state index contributed by atoms with van der Waals surface area (Å²) in [6.07, 6.45) is 4.40. The first-order valence-corrected chi connectivity index (χ1v) is 7.94. The van der Waals surface area contributed by atoms with Crippen LogP contribution in [-0.4, -0.2) is 0 Å². The molecule has 0 fully saturated rings. The Balaban J connectivity index is 2.00. The van der Waals surface area contributed by atoms with E-state index in [1.165, 1.54) is 22.3 Å². The van der Waals surface area contributed by atoms with Crippen LogP contribution in [0.1, 0.15) is 11.1 Å². The predicted molar refractivity (Wildman–Crippen MR) is 93.7 cm³/mol. The zero-order valence-electron chi connectivity index (χ0n) is 10.7. The number of hydrogen-bond donors (Lipinski definition) is 0. The van der Waals surface area contributed by atoms with E-state index in [-0.39, 0.29) is 0 Å². The van der Waals surface area contributed by atoms with Gasteiger partial charge in [-0.2, -0.15) is 0 Å². The lowest BCUT2D eigenvalue weighted by molar-refractivity contribution is 1.44. The molecule has 0 saturated heterocycles. The second-order valence-electron chi connectivity index (χ2n) is 4.57. The van der Waals surface area contributed by atoms with Gasteiger partial charge in [0.15, 0.2) is 0 Å². The number of rotatable bonds is 2. The van der Waals surface area contributed by atoms with Gasteiger partial charge in [0, 0.05) is 8.96 Å². The van der Waals surface area contributed by atoms with E-state index in [4.69, 9.17) is 0 Å². The molecule has 2 aromatic carbocycles. The molecule has 2 heteroatoms. The molecule has 0 aromatic heterocycles. The van der Waals surface area contributed by atoms with Crippen molar-refractivity contribution in [2.24, 2.45) is 0 Å². The zero-order chi connectivity index (χ0) is 13.9. The van der Waals surface area contributed by atoms with Gasteiger partial charge in [0.25, 0.3) is 0 Å². The van der Waals surface area contributed by atoms with E-state index in [0.29, 0.717) is 0 Å². The fraction of sp³-hybridized carbons (Fsp3) is 0.